The number of amides is 1. The molecule has 0 N–H and O–H groups in total. The van der Waals surface area contributed by atoms with E-state index in [1.54, 1.807) is 30.8 Å². The monoisotopic (exact) mass is 251 g/mol. The third kappa shape index (κ3) is 2.75. The van der Waals surface area contributed by atoms with Crippen LogP contribution in [-0.4, -0.2) is 37.3 Å². The van der Waals surface area contributed by atoms with Crippen LogP contribution in [0.25, 0.3) is 0 Å². The van der Waals surface area contributed by atoms with Crippen molar-refractivity contribution in [3.63, 3.8) is 0 Å². The van der Waals surface area contributed by atoms with Crippen LogP contribution in [0.15, 0.2) is 23.1 Å². The van der Waals surface area contributed by atoms with Crippen LogP contribution in [0, 0.1) is 0 Å². The minimum Gasteiger partial charge on any atom is -0.490 e. The van der Waals surface area contributed by atoms with E-state index in [2.05, 4.69) is 0 Å². The highest BCUT2D eigenvalue weighted by molar-refractivity contribution is 7.98. The lowest BCUT2D eigenvalue weighted by Crippen LogP contribution is -2.23. The van der Waals surface area contributed by atoms with Gasteiger partial charge in [0.1, 0.15) is 5.75 Å². The molecule has 3 nitrogen and oxygen atoms in total. The summed E-state index contributed by atoms with van der Waals surface area (Å²) in [7, 11) is 3.53. The predicted octanol–water partition coefficient (Wildman–Crippen LogP) is 2.65. The molecule has 4 heteroatoms. The molecular weight excluding hydrogens is 234 g/mol. The third-order valence-electron chi connectivity index (χ3n) is 2.65. The summed E-state index contributed by atoms with van der Waals surface area (Å²) < 4.78 is 5.81. The highest BCUT2D eigenvalue weighted by Gasteiger charge is 2.27. The summed E-state index contributed by atoms with van der Waals surface area (Å²) in [4.78, 5) is 14.7. The number of ether oxygens (including phenoxy) is 1. The minimum absolute atomic E-state index is 0.00519. The average Bonchev–Trinajstić information content (AvgIpc) is 3.11. The number of carbonyl (C=O) groups excluding carboxylic acids is 1. The summed E-state index contributed by atoms with van der Waals surface area (Å²) in [6.07, 6.45) is 4.47. The summed E-state index contributed by atoms with van der Waals surface area (Å²) in [6.45, 7) is 0. The summed E-state index contributed by atoms with van der Waals surface area (Å²) in [6, 6.07) is 5.78. The molecule has 1 saturated carbocycles. The molecule has 1 fully saturated rings. The third-order valence-corrected chi connectivity index (χ3v) is 3.43. The second-order valence-corrected chi connectivity index (χ2v) is 5.20. The van der Waals surface area contributed by atoms with E-state index in [0.717, 1.165) is 23.5 Å². The number of hydrogen-bond donors (Lipinski definition) is 0. The van der Waals surface area contributed by atoms with Crippen molar-refractivity contribution in [3.8, 4) is 5.75 Å². The maximum atomic E-state index is 12.2. The molecule has 1 aliphatic rings. The molecule has 17 heavy (non-hydrogen) atoms. The van der Waals surface area contributed by atoms with Crippen molar-refractivity contribution in [2.75, 3.05) is 20.4 Å². The van der Waals surface area contributed by atoms with E-state index in [4.69, 9.17) is 4.74 Å². The molecule has 0 heterocycles. The number of benzene rings is 1. The SMILES string of the molecule is CSc1cccc(OC2CC2)c1C(=O)N(C)C. The van der Waals surface area contributed by atoms with Crippen molar-refractivity contribution in [1.82, 2.24) is 4.90 Å². The lowest BCUT2D eigenvalue weighted by atomic mass is 10.2. The quantitative estimate of drug-likeness (QED) is 0.770. The van der Waals surface area contributed by atoms with E-state index in [0.29, 0.717) is 11.7 Å². The van der Waals surface area contributed by atoms with Gasteiger partial charge in [0, 0.05) is 19.0 Å². The molecule has 0 aliphatic heterocycles. The molecule has 0 radical (unpaired) electrons. The predicted molar refractivity (Wildman–Crippen MR) is 69.9 cm³/mol. The molecule has 0 unspecified atom stereocenters. The van der Waals surface area contributed by atoms with E-state index in [1.165, 1.54) is 0 Å². The average molecular weight is 251 g/mol. The van der Waals surface area contributed by atoms with Gasteiger partial charge in [0.15, 0.2) is 0 Å². The molecule has 0 atom stereocenters. The highest BCUT2D eigenvalue weighted by atomic mass is 32.2. The summed E-state index contributed by atoms with van der Waals surface area (Å²) >= 11 is 1.58. The van der Waals surface area contributed by atoms with Gasteiger partial charge < -0.3 is 9.64 Å². The van der Waals surface area contributed by atoms with E-state index in [9.17, 15) is 4.79 Å². The van der Waals surface area contributed by atoms with E-state index >= 15 is 0 Å². The van der Waals surface area contributed by atoms with Gasteiger partial charge >= 0.3 is 0 Å². The van der Waals surface area contributed by atoms with Crippen LogP contribution >= 0.6 is 11.8 Å². The van der Waals surface area contributed by atoms with Crippen LogP contribution in [0.1, 0.15) is 23.2 Å². The smallest absolute Gasteiger partial charge is 0.258 e. The summed E-state index contributed by atoms with van der Waals surface area (Å²) in [5.41, 5.74) is 0.692. The standard InChI is InChI=1S/C13H17NO2S/c1-14(2)13(15)12-10(16-9-7-8-9)5-4-6-11(12)17-3/h4-6,9H,7-8H2,1-3H3. The lowest BCUT2D eigenvalue weighted by molar-refractivity contribution is 0.0819. The highest BCUT2D eigenvalue weighted by Crippen LogP contribution is 2.34. The second kappa shape index (κ2) is 5.00. The number of carbonyl (C=O) groups is 1. The Balaban J connectivity index is 2.38. The zero-order chi connectivity index (χ0) is 12.4. The Kier molecular flexibility index (Phi) is 3.62. The first-order valence-electron chi connectivity index (χ1n) is 5.68. The zero-order valence-electron chi connectivity index (χ0n) is 10.4. The Morgan fingerprint density at radius 1 is 1.41 bits per heavy atom. The van der Waals surface area contributed by atoms with Gasteiger partial charge in [-0.05, 0) is 31.2 Å². The zero-order valence-corrected chi connectivity index (χ0v) is 11.2. The molecule has 0 aromatic heterocycles. The Labute approximate surface area is 106 Å². The minimum atomic E-state index is 0.00519. The maximum absolute atomic E-state index is 12.2. The number of hydrogen-bond acceptors (Lipinski definition) is 3. The second-order valence-electron chi connectivity index (χ2n) is 4.35. The van der Waals surface area contributed by atoms with Gasteiger partial charge in [0.25, 0.3) is 5.91 Å². The van der Waals surface area contributed by atoms with Gasteiger partial charge in [-0.15, -0.1) is 11.8 Å². The first-order valence-corrected chi connectivity index (χ1v) is 6.91. The number of nitrogens with zero attached hydrogens (tertiary/aromatic N) is 1. The van der Waals surface area contributed by atoms with Gasteiger partial charge in [0.05, 0.1) is 11.7 Å². The van der Waals surface area contributed by atoms with Crippen molar-refractivity contribution in [1.29, 1.82) is 0 Å². The van der Waals surface area contributed by atoms with E-state index in [-0.39, 0.29) is 5.91 Å². The molecule has 1 amide bonds. The first-order chi connectivity index (χ1) is 8.13. The van der Waals surface area contributed by atoms with Gasteiger partial charge in [-0.1, -0.05) is 6.07 Å². The summed E-state index contributed by atoms with van der Waals surface area (Å²) in [5.74, 6) is 0.726. The van der Waals surface area contributed by atoms with Gasteiger partial charge in [-0.2, -0.15) is 0 Å². The Hall–Kier alpha value is -1.16. The fourth-order valence-corrected chi connectivity index (χ4v) is 2.19. The van der Waals surface area contributed by atoms with Crippen molar-refractivity contribution < 1.29 is 9.53 Å². The number of thioether (sulfide) groups is 1. The largest absolute Gasteiger partial charge is 0.490 e. The van der Waals surface area contributed by atoms with Gasteiger partial charge in [-0.3, -0.25) is 4.79 Å². The molecule has 2 rings (SSSR count). The Bertz CT molecular complexity index is 427. The fraction of sp³-hybridized carbons (Fsp3) is 0.462. The van der Waals surface area contributed by atoms with Crippen molar-refractivity contribution in [2.24, 2.45) is 0 Å². The fourth-order valence-electron chi connectivity index (χ4n) is 1.58. The Morgan fingerprint density at radius 2 is 2.12 bits per heavy atom. The Morgan fingerprint density at radius 3 is 2.65 bits per heavy atom. The van der Waals surface area contributed by atoms with Crippen molar-refractivity contribution >= 4 is 17.7 Å². The van der Waals surface area contributed by atoms with Crippen LogP contribution in [0.5, 0.6) is 5.75 Å². The molecule has 92 valence electrons. The van der Waals surface area contributed by atoms with Gasteiger partial charge in [0.2, 0.25) is 0 Å². The molecule has 1 aliphatic carbocycles. The molecular formula is C13H17NO2S. The summed E-state index contributed by atoms with van der Waals surface area (Å²) in [5, 5.41) is 0. The van der Waals surface area contributed by atoms with Crippen LogP contribution in [0.2, 0.25) is 0 Å². The van der Waals surface area contributed by atoms with Crippen LogP contribution in [0.4, 0.5) is 0 Å². The van der Waals surface area contributed by atoms with E-state index in [1.807, 2.05) is 24.5 Å². The van der Waals surface area contributed by atoms with Crippen LogP contribution in [0.3, 0.4) is 0 Å². The van der Waals surface area contributed by atoms with E-state index < -0.39 is 0 Å². The topological polar surface area (TPSA) is 29.5 Å². The molecule has 0 bridgehead atoms. The maximum Gasteiger partial charge on any atom is 0.258 e. The van der Waals surface area contributed by atoms with Crippen molar-refractivity contribution in [3.05, 3.63) is 23.8 Å². The van der Waals surface area contributed by atoms with Gasteiger partial charge in [-0.25, -0.2) is 0 Å². The van der Waals surface area contributed by atoms with Crippen molar-refractivity contribution in [2.45, 2.75) is 23.8 Å². The lowest BCUT2D eigenvalue weighted by Gasteiger charge is -2.17. The normalized spacial score (nSPS) is 14.5. The van der Waals surface area contributed by atoms with Crippen LogP contribution in [-0.2, 0) is 0 Å². The molecule has 1 aromatic rings. The number of rotatable bonds is 4. The first kappa shape index (κ1) is 12.3. The molecule has 1 aromatic carbocycles. The van der Waals surface area contributed by atoms with Crippen LogP contribution < -0.4 is 4.74 Å². The molecule has 0 saturated heterocycles. The molecule has 0 spiro atoms.